The van der Waals surface area contributed by atoms with Crippen LogP contribution in [0.15, 0.2) is 54.6 Å². The molecule has 0 N–H and O–H groups in total. The van der Waals surface area contributed by atoms with Gasteiger partial charge in [-0.1, -0.05) is 49.4 Å². The van der Waals surface area contributed by atoms with Crippen LogP contribution in [0, 0.1) is 0 Å². The van der Waals surface area contributed by atoms with Crippen molar-refractivity contribution in [2.24, 2.45) is 0 Å². The average molecular weight is 423 g/mol. The van der Waals surface area contributed by atoms with Gasteiger partial charge in [-0.05, 0) is 50.3 Å². The van der Waals surface area contributed by atoms with Crippen molar-refractivity contribution < 1.29 is 14.3 Å². The van der Waals surface area contributed by atoms with Gasteiger partial charge in [-0.15, -0.1) is 0 Å². The molecule has 1 aliphatic heterocycles. The first-order valence-electron chi connectivity index (χ1n) is 11.5. The summed E-state index contributed by atoms with van der Waals surface area (Å²) in [5, 5.41) is 0. The van der Waals surface area contributed by atoms with Crippen LogP contribution in [0.3, 0.4) is 0 Å². The molecule has 0 aliphatic carbocycles. The van der Waals surface area contributed by atoms with Gasteiger partial charge in [0.05, 0.1) is 11.6 Å². The molecule has 0 radical (unpaired) electrons. The third-order valence-corrected chi connectivity index (χ3v) is 5.92. The molecule has 2 aromatic rings. The summed E-state index contributed by atoms with van der Waals surface area (Å²) in [5.74, 6) is 0.754. The molecule has 2 aromatic carbocycles. The highest BCUT2D eigenvalue weighted by molar-refractivity contribution is 5.96. The molecule has 5 heteroatoms. The minimum Gasteiger partial charge on any atom is -0.491 e. The minimum atomic E-state index is -0.0824. The number of carbonyl (C=O) groups is 2. The van der Waals surface area contributed by atoms with Crippen molar-refractivity contribution in [3.63, 3.8) is 0 Å². The second-order valence-corrected chi connectivity index (χ2v) is 8.04. The molecular weight excluding hydrogens is 388 g/mol. The Morgan fingerprint density at radius 3 is 2.42 bits per heavy atom. The number of amides is 2. The van der Waals surface area contributed by atoms with Crippen LogP contribution in [-0.2, 0) is 11.2 Å². The molecule has 31 heavy (non-hydrogen) atoms. The standard InChI is InChI=1S/C26H34N2O3/c1-3-25(29)28-18-12-6-11-17-27(4-2)26(30)23-15-9-10-16-24(23)31-20-22(28)19-21-13-7-5-8-14-21/h5,7-10,13-16,22H,3-4,6,11-12,17-20H2,1-2H3/t22-/m0/s1. The van der Waals surface area contributed by atoms with Gasteiger partial charge in [0, 0.05) is 26.1 Å². The first-order valence-corrected chi connectivity index (χ1v) is 11.5. The van der Waals surface area contributed by atoms with Crippen molar-refractivity contribution >= 4 is 11.8 Å². The highest BCUT2D eigenvalue weighted by atomic mass is 16.5. The lowest BCUT2D eigenvalue weighted by molar-refractivity contribution is -0.134. The molecule has 0 saturated carbocycles. The number of para-hydroxylation sites is 1. The summed E-state index contributed by atoms with van der Waals surface area (Å²) in [5.41, 5.74) is 1.77. The Morgan fingerprint density at radius 1 is 0.968 bits per heavy atom. The van der Waals surface area contributed by atoms with Gasteiger partial charge >= 0.3 is 0 Å². The van der Waals surface area contributed by atoms with Crippen molar-refractivity contribution in [2.45, 2.75) is 52.0 Å². The summed E-state index contributed by atoms with van der Waals surface area (Å²) < 4.78 is 6.23. The van der Waals surface area contributed by atoms with Crippen molar-refractivity contribution in [2.75, 3.05) is 26.2 Å². The van der Waals surface area contributed by atoms with Gasteiger partial charge in [0.15, 0.2) is 0 Å². The van der Waals surface area contributed by atoms with E-state index in [9.17, 15) is 9.59 Å². The molecule has 166 valence electrons. The molecule has 0 saturated heterocycles. The number of nitrogens with zero attached hydrogens (tertiary/aromatic N) is 2. The molecule has 0 fully saturated rings. The molecule has 5 nitrogen and oxygen atoms in total. The fraction of sp³-hybridized carbons (Fsp3) is 0.462. The van der Waals surface area contributed by atoms with E-state index >= 15 is 0 Å². The van der Waals surface area contributed by atoms with Crippen molar-refractivity contribution in [1.82, 2.24) is 9.80 Å². The number of ether oxygens (including phenoxy) is 1. The Kier molecular flexibility index (Phi) is 8.51. The first kappa shape index (κ1) is 22.9. The van der Waals surface area contributed by atoms with Gasteiger partial charge in [-0.2, -0.15) is 0 Å². The van der Waals surface area contributed by atoms with E-state index in [1.807, 2.05) is 66.1 Å². The maximum atomic E-state index is 13.1. The lowest BCUT2D eigenvalue weighted by Gasteiger charge is -2.32. The molecule has 0 unspecified atom stereocenters. The number of fused-ring (bicyclic) bond motifs is 1. The molecule has 1 atom stereocenters. The van der Waals surface area contributed by atoms with Gasteiger partial charge in [0.1, 0.15) is 12.4 Å². The van der Waals surface area contributed by atoms with Gasteiger partial charge < -0.3 is 14.5 Å². The Morgan fingerprint density at radius 2 is 1.68 bits per heavy atom. The number of benzene rings is 2. The van der Waals surface area contributed by atoms with Crippen LogP contribution in [-0.4, -0.2) is 53.9 Å². The fourth-order valence-corrected chi connectivity index (χ4v) is 4.15. The van der Waals surface area contributed by atoms with Gasteiger partial charge in [-0.3, -0.25) is 9.59 Å². The van der Waals surface area contributed by atoms with E-state index in [0.717, 1.165) is 38.8 Å². The second kappa shape index (κ2) is 11.5. The monoisotopic (exact) mass is 422 g/mol. The van der Waals surface area contributed by atoms with Crippen LogP contribution < -0.4 is 4.74 Å². The van der Waals surface area contributed by atoms with Gasteiger partial charge in [-0.25, -0.2) is 0 Å². The molecule has 0 aromatic heterocycles. The summed E-state index contributed by atoms with van der Waals surface area (Å²) in [7, 11) is 0. The van der Waals surface area contributed by atoms with Crippen LogP contribution in [0.4, 0.5) is 0 Å². The maximum absolute atomic E-state index is 13.1. The summed E-state index contributed by atoms with van der Waals surface area (Å²) >= 11 is 0. The summed E-state index contributed by atoms with van der Waals surface area (Å²) in [6.45, 7) is 6.39. The smallest absolute Gasteiger partial charge is 0.257 e. The fourth-order valence-electron chi connectivity index (χ4n) is 4.15. The number of hydrogen-bond acceptors (Lipinski definition) is 3. The van der Waals surface area contributed by atoms with E-state index in [1.54, 1.807) is 0 Å². The predicted octanol–water partition coefficient (Wildman–Crippen LogP) is 4.56. The van der Waals surface area contributed by atoms with Crippen LogP contribution in [0.25, 0.3) is 0 Å². The Balaban J connectivity index is 1.92. The lowest BCUT2D eigenvalue weighted by atomic mass is 10.0. The zero-order valence-electron chi connectivity index (χ0n) is 18.8. The molecule has 3 rings (SSSR count). The zero-order chi connectivity index (χ0) is 22.1. The Hall–Kier alpha value is -2.82. The summed E-state index contributed by atoms with van der Waals surface area (Å²) in [6.07, 6.45) is 4.04. The number of hydrogen-bond donors (Lipinski definition) is 0. The second-order valence-electron chi connectivity index (χ2n) is 8.04. The quantitative estimate of drug-likeness (QED) is 0.726. The SMILES string of the molecule is CCC(=O)N1CCCCCN(CC)C(=O)c2ccccc2OC[C@@H]1Cc1ccccc1. The van der Waals surface area contributed by atoms with Crippen LogP contribution in [0.5, 0.6) is 5.75 Å². The van der Waals surface area contributed by atoms with Crippen LogP contribution in [0.2, 0.25) is 0 Å². The van der Waals surface area contributed by atoms with Crippen LogP contribution in [0.1, 0.15) is 55.5 Å². The Labute approximate surface area is 186 Å². The molecular formula is C26H34N2O3. The molecule has 1 heterocycles. The minimum absolute atomic E-state index is 0.0125. The summed E-state index contributed by atoms with van der Waals surface area (Å²) in [6, 6.07) is 17.6. The Bertz CT molecular complexity index is 853. The predicted molar refractivity (Wildman–Crippen MR) is 123 cm³/mol. The average Bonchev–Trinajstić information content (AvgIpc) is 2.82. The molecule has 2 amide bonds. The first-order chi connectivity index (χ1) is 15.1. The van der Waals surface area contributed by atoms with E-state index in [1.165, 1.54) is 5.56 Å². The molecule has 1 aliphatic rings. The van der Waals surface area contributed by atoms with Crippen molar-refractivity contribution in [1.29, 1.82) is 0 Å². The third kappa shape index (κ3) is 6.09. The van der Waals surface area contributed by atoms with E-state index in [2.05, 4.69) is 12.1 Å². The van der Waals surface area contributed by atoms with Crippen molar-refractivity contribution in [3.8, 4) is 5.75 Å². The number of rotatable bonds is 4. The van der Waals surface area contributed by atoms with Crippen molar-refractivity contribution in [3.05, 3.63) is 65.7 Å². The normalized spacial score (nSPS) is 18.3. The number of carbonyl (C=O) groups excluding carboxylic acids is 2. The highest BCUT2D eigenvalue weighted by Gasteiger charge is 2.25. The maximum Gasteiger partial charge on any atom is 0.257 e. The van der Waals surface area contributed by atoms with Gasteiger partial charge in [0.25, 0.3) is 5.91 Å². The largest absolute Gasteiger partial charge is 0.491 e. The van der Waals surface area contributed by atoms with E-state index in [0.29, 0.717) is 30.9 Å². The topological polar surface area (TPSA) is 49.9 Å². The lowest BCUT2D eigenvalue weighted by Crippen LogP contribution is -2.45. The van der Waals surface area contributed by atoms with E-state index in [4.69, 9.17) is 4.74 Å². The van der Waals surface area contributed by atoms with E-state index in [-0.39, 0.29) is 17.9 Å². The van der Waals surface area contributed by atoms with Crippen LogP contribution >= 0.6 is 0 Å². The van der Waals surface area contributed by atoms with Gasteiger partial charge in [0.2, 0.25) is 5.91 Å². The molecule has 0 spiro atoms. The third-order valence-electron chi connectivity index (χ3n) is 5.92. The molecule has 0 bridgehead atoms. The summed E-state index contributed by atoms with van der Waals surface area (Å²) in [4.78, 5) is 29.9. The van der Waals surface area contributed by atoms with E-state index < -0.39 is 0 Å². The zero-order valence-corrected chi connectivity index (χ0v) is 18.8. The highest BCUT2D eigenvalue weighted by Crippen LogP contribution is 2.23.